The van der Waals surface area contributed by atoms with Gasteiger partial charge in [0.1, 0.15) is 6.04 Å². The van der Waals surface area contributed by atoms with Crippen molar-refractivity contribution in [2.75, 3.05) is 18.4 Å². The number of amides is 5. The van der Waals surface area contributed by atoms with Crippen LogP contribution in [0.4, 0.5) is 5.69 Å². The maximum absolute atomic E-state index is 12.5. The van der Waals surface area contributed by atoms with Crippen molar-refractivity contribution >= 4 is 46.8 Å². The normalized spacial score (nSPS) is 13.8. The second kappa shape index (κ2) is 13.5. The molecular formula is C24H31ClN4O5. The van der Waals surface area contributed by atoms with Gasteiger partial charge >= 0.3 is 0 Å². The van der Waals surface area contributed by atoms with E-state index < -0.39 is 11.9 Å². The number of rotatable bonds is 13. The van der Waals surface area contributed by atoms with Crippen LogP contribution >= 0.6 is 11.6 Å². The van der Waals surface area contributed by atoms with E-state index in [1.807, 2.05) is 0 Å². The molecular weight excluding hydrogens is 460 g/mol. The lowest BCUT2D eigenvalue weighted by molar-refractivity contribution is -0.137. The van der Waals surface area contributed by atoms with E-state index in [2.05, 4.69) is 16.0 Å². The number of unbranched alkanes of at least 4 members (excludes halogenated alkanes) is 2. The van der Waals surface area contributed by atoms with Gasteiger partial charge in [0.05, 0.1) is 6.54 Å². The zero-order valence-corrected chi connectivity index (χ0v) is 20.2. The van der Waals surface area contributed by atoms with Gasteiger partial charge in [0, 0.05) is 36.7 Å². The molecule has 0 aromatic heterocycles. The summed E-state index contributed by atoms with van der Waals surface area (Å²) in [4.78, 5) is 61.2. The Hall–Kier alpha value is -3.20. The molecule has 0 saturated heterocycles. The number of carbonyl (C=O) groups excluding carboxylic acids is 5. The van der Waals surface area contributed by atoms with Crippen molar-refractivity contribution in [1.82, 2.24) is 15.5 Å². The highest BCUT2D eigenvalue weighted by molar-refractivity contribution is 6.17. The predicted molar refractivity (Wildman–Crippen MR) is 129 cm³/mol. The third-order valence-corrected chi connectivity index (χ3v) is 5.58. The number of alkyl halides is 1. The zero-order valence-electron chi connectivity index (χ0n) is 19.4. The molecule has 0 radical (unpaired) electrons. The molecule has 1 aliphatic rings. The molecule has 0 unspecified atom stereocenters. The van der Waals surface area contributed by atoms with Crippen LogP contribution in [0.25, 0.3) is 0 Å². The Bertz CT molecular complexity index is 912. The largest absolute Gasteiger partial charge is 0.345 e. The van der Waals surface area contributed by atoms with Gasteiger partial charge in [-0.25, -0.2) is 0 Å². The minimum Gasteiger partial charge on any atom is -0.345 e. The highest BCUT2D eigenvalue weighted by atomic mass is 35.5. The van der Waals surface area contributed by atoms with Crippen LogP contribution in [-0.2, 0) is 29.9 Å². The van der Waals surface area contributed by atoms with Gasteiger partial charge in [-0.3, -0.25) is 28.9 Å². The lowest BCUT2D eigenvalue weighted by Gasteiger charge is -2.21. The fourth-order valence-electron chi connectivity index (χ4n) is 3.32. The molecule has 0 fully saturated rings. The standard InChI is InChI=1S/C24H31ClN4O5/c1-16(2)23(24(34)26-15-20(31)27-18-9-7-17(14-25)8-10-18)28-19(30)6-4-3-5-13-29-21(32)11-12-22(29)33/h7-12,16,23H,3-6,13-15H2,1-2H3,(H,26,34)(H,27,31)(H,28,30)/t23-/m0/s1. The molecule has 10 heteroatoms. The topological polar surface area (TPSA) is 125 Å². The summed E-state index contributed by atoms with van der Waals surface area (Å²) in [5.74, 6) is -1.51. The molecule has 0 aliphatic carbocycles. The Morgan fingerprint density at radius 2 is 1.59 bits per heavy atom. The molecule has 1 atom stereocenters. The minimum atomic E-state index is -0.769. The van der Waals surface area contributed by atoms with E-state index in [9.17, 15) is 24.0 Å². The van der Waals surface area contributed by atoms with E-state index >= 15 is 0 Å². The van der Waals surface area contributed by atoms with E-state index in [-0.39, 0.29) is 42.5 Å². The van der Waals surface area contributed by atoms with Gasteiger partial charge in [-0.15, -0.1) is 11.6 Å². The summed E-state index contributed by atoms with van der Waals surface area (Å²) in [6, 6.07) is 6.29. The van der Waals surface area contributed by atoms with Crippen molar-refractivity contribution in [2.45, 2.75) is 51.5 Å². The smallest absolute Gasteiger partial charge is 0.253 e. The van der Waals surface area contributed by atoms with Gasteiger partial charge in [0.15, 0.2) is 0 Å². The number of carbonyl (C=O) groups is 5. The number of benzene rings is 1. The van der Waals surface area contributed by atoms with Gasteiger partial charge in [0.25, 0.3) is 11.8 Å². The highest BCUT2D eigenvalue weighted by Gasteiger charge is 2.25. The van der Waals surface area contributed by atoms with Crippen molar-refractivity contribution in [1.29, 1.82) is 0 Å². The molecule has 1 heterocycles. The van der Waals surface area contributed by atoms with Crippen molar-refractivity contribution < 1.29 is 24.0 Å². The Balaban J connectivity index is 1.69. The van der Waals surface area contributed by atoms with Crippen LogP contribution < -0.4 is 16.0 Å². The lowest BCUT2D eigenvalue weighted by Crippen LogP contribution is -2.51. The molecule has 184 valence electrons. The van der Waals surface area contributed by atoms with Gasteiger partial charge in [-0.05, 0) is 36.5 Å². The third-order valence-electron chi connectivity index (χ3n) is 5.27. The summed E-state index contributed by atoms with van der Waals surface area (Å²) < 4.78 is 0. The van der Waals surface area contributed by atoms with Gasteiger partial charge in [-0.2, -0.15) is 0 Å². The van der Waals surface area contributed by atoms with E-state index in [1.165, 1.54) is 17.1 Å². The highest BCUT2D eigenvalue weighted by Crippen LogP contribution is 2.11. The van der Waals surface area contributed by atoms with Crippen LogP contribution in [0.15, 0.2) is 36.4 Å². The molecule has 0 saturated carbocycles. The molecule has 1 aromatic rings. The first-order valence-corrected chi connectivity index (χ1v) is 11.8. The maximum Gasteiger partial charge on any atom is 0.253 e. The summed E-state index contributed by atoms with van der Waals surface area (Å²) >= 11 is 5.75. The SMILES string of the molecule is CC(C)[C@H](NC(=O)CCCCCN1C(=O)C=CC1=O)C(=O)NCC(=O)Nc1ccc(CCl)cc1. The second-order valence-electron chi connectivity index (χ2n) is 8.36. The summed E-state index contributed by atoms with van der Waals surface area (Å²) in [7, 11) is 0. The Labute approximate surface area is 204 Å². The molecule has 1 aromatic carbocycles. The second-order valence-corrected chi connectivity index (χ2v) is 8.63. The molecule has 9 nitrogen and oxygen atoms in total. The number of imide groups is 1. The average Bonchev–Trinajstić information content (AvgIpc) is 3.13. The summed E-state index contributed by atoms with van der Waals surface area (Å²) in [5.41, 5.74) is 1.52. The van der Waals surface area contributed by atoms with Gasteiger partial charge in [-0.1, -0.05) is 32.4 Å². The Morgan fingerprint density at radius 1 is 0.941 bits per heavy atom. The Morgan fingerprint density at radius 3 is 2.18 bits per heavy atom. The Kier molecular flexibility index (Phi) is 10.7. The quantitative estimate of drug-likeness (QED) is 0.222. The van der Waals surface area contributed by atoms with Crippen molar-refractivity contribution in [3.8, 4) is 0 Å². The van der Waals surface area contributed by atoms with Crippen LogP contribution in [0.1, 0.15) is 45.1 Å². The van der Waals surface area contributed by atoms with Crippen molar-refractivity contribution in [2.24, 2.45) is 5.92 Å². The predicted octanol–water partition coefficient (Wildman–Crippen LogP) is 2.11. The summed E-state index contributed by atoms with van der Waals surface area (Å²) in [5, 5.41) is 7.98. The van der Waals surface area contributed by atoms with Crippen molar-refractivity contribution in [3.63, 3.8) is 0 Å². The number of anilines is 1. The van der Waals surface area contributed by atoms with Crippen LogP contribution in [0.2, 0.25) is 0 Å². The fraction of sp³-hybridized carbons (Fsp3) is 0.458. The molecule has 1 aliphatic heterocycles. The fourth-order valence-corrected chi connectivity index (χ4v) is 3.50. The van der Waals surface area contributed by atoms with Crippen LogP contribution in [0.5, 0.6) is 0 Å². The van der Waals surface area contributed by atoms with E-state index in [0.29, 0.717) is 37.4 Å². The lowest BCUT2D eigenvalue weighted by atomic mass is 10.0. The van der Waals surface area contributed by atoms with Crippen molar-refractivity contribution in [3.05, 3.63) is 42.0 Å². The first-order valence-electron chi connectivity index (χ1n) is 11.3. The van der Waals surface area contributed by atoms with Crippen LogP contribution in [0, 0.1) is 5.92 Å². The molecule has 34 heavy (non-hydrogen) atoms. The number of nitrogens with one attached hydrogen (secondary N) is 3. The van der Waals surface area contributed by atoms with E-state index in [0.717, 1.165) is 5.56 Å². The first-order chi connectivity index (χ1) is 16.2. The number of nitrogens with zero attached hydrogens (tertiary/aromatic N) is 1. The minimum absolute atomic E-state index is 0.171. The zero-order chi connectivity index (χ0) is 25.1. The van der Waals surface area contributed by atoms with Crippen LogP contribution in [-0.4, -0.2) is 53.6 Å². The molecule has 0 spiro atoms. The molecule has 0 bridgehead atoms. The van der Waals surface area contributed by atoms with E-state index in [1.54, 1.807) is 38.1 Å². The first kappa shape index (κ1) is 27.0. The van der Waals surface area contributed by atoms with Gasteiger partial charge < -0.3 is 16.0 Å². The summed E-state index contributed by atoms with van der Waals surface area (Å²) in [6.45, 7) is 3.71. The maximum atomic E-state index is 12.5. The molecule has 5 amide bonds. The van der Waals surface area contributed by atoms with Crippen LogP contribution in [0.3, 0.4) is 0 Å². The monoisotopic (exact) mass is 490 g/mol. The number of hydrogen-bond acceptors (Lipinski definition) is 5. The van der Waals surface area contributed by atoms with E-state index in [4.69, 9.17) is 11.6 Å². The summed E-state index contributed by atoms with van der Waals surface area (Å²) in [6.07, 6.45) is 4.53. The number of hydrogen-bond donors (Lipinski definition) is 3. The van der Waals surface area contributed by atoms with Gasteiger partial charge in [0.2, 0.25) is 17.7 Å². The third kappa shape index (κ3) is 8.62. The average molecular weight is 491 g/mol. The number of halogens is 1. The molecule has 3 N–H and O–H groups in total. The molecule has 2 rings (SSSR count).